The third kappa shape index (κ3) is 4.90. The second-order valence-corrected chi connectivity index (χ2v) is 7.51. The normalized spacial score (nSPS) is 12.0. The number of rotatable bonds is 8. The highest BCUT2D eigenvalue weighted by molar-refractivity contribution is 7.98. The Morgan fingerprint density at radius 3 is 2.96 bits per heavy atom. The molecule has 3 aromatic heterocycles. The average molecular weight is 374 g/mol. The number of hydrogen-bond donors (Lipinski definition) is 2. The molecule has 0 fully saturated rings. The molecule has 0 amide bonds. The first-order chi connectivity index (χ1) is 12.2. The molecule has 25 heavy (non-hydrogen) atoms. The van der Waals surface area contributed by atoms with Gasteiger partial charge in [-0.3, -0.25) is 14.8 Å². The van der Waals surface area contributed by atoms with E-state index in [4.69, 9.17) is 0 Å². The van der Waals surface area contributed by atoms with Gasteiger partial charge in [0.05, 0.1) is 0 Å². The van der Waals surface area contributed by atoms with E-state index in [1.54, 1.807) is 41.7 Å². The lowest BCUT2D eigenvalue weighted by Crippen LogP contribution is -2.19. The van der Waals surface area contributed by atoms with Crippen molar-refractivity contribution in [3.05, 3.63) is 68.8 Å². The number of thioether (sulfide) groups is 1. The van der Waals surface area contributed by atoms with Crippen LogP contribution >= 0.6 is 23.1 Å². The van der Waals surface area contributed by atoms with Gasteiger partial charge in [0.1, 0.15) is 5.01 Å². The highest BCUT2D eigenvalue weighted by atomic mass is 32.2. The van der Waals surface area contributed by atoms with Crippen LogP contribution in [-0.2, 0) is 5.75 Å². The summed E-state index contributed by atoms with van der Waals surface area (Å²) in [4.78, 5) is 27.8. The molecule has 0 aliphatic heterocycles. The number of pyridine rings is 1. The van der Waals surface area contributed by atoms with Crippen LogP contribution in [0.1, 0.15) is 29.0 Å². The second kappa shape index (κ2) is 8.77. The van der Waals surface area contributed by atoms with Crippen LogP contribution in [0.4, 0.5) is 5.95 Å². The SMILES string of the molecule is CC(c1cccnc1)c1cnc(NCCSCc2nccs2)[nH]c1=O. The highest BCUT2D eigenvalue weighted by Gasteiger charge is 2.13. The van der Waals surface area contributed by atoms with Crippen molar-refractivity contribution in [2.75, 3.05) is 17.6 Å². The van der Waals surface area contributed by atoms with Gasteiger partial charge in [-0.05, 0) is 11.6 Å². The zero-order chi connectivity index (χ0) is 17.5. The van der Waals surface area contributed by atoms with E-state index in [0.29, 0.717) is 11.5 Å². The third-order valence-corrected chi connectivity index (χ3v) is 5.66. The van der Waals surface area contributed by atoms with Gasteiger partial charge >= 0.3 is 0 Å². The van der Waals surface area contributed by atoms with E-state index in [2.05, 4.69) is 25.3 Å². The van der Waals surface area contributed by atoms with Crippen LogP contribution in [0.3, 0.4) is 0 Å². The molecule has 2 N–H and O–H groups in total. The summed E-state index contributed by atoms with van der Waals surface area (Å²) in [6.07, 6.45) is 6.96. The lowest BCUT2D eigenvalue weighted by atomic mass is 9.97. The number of nitrogens with one attached hydrogen (secondary N) is 2. The molecule has 0 saturated heterocycles. The molecule has 8 heteroatoms. The van der Waals surface area contributed by atoms with Crippen molar-refractivity contribution < 1.29 is 0 Å². The Balaban J connectivity index is 1.52. The van der Waals surface area contributed by atoms with Crippen LogP contribution < -0.4 is 10.9 Å². The molecule has 3 heterocycles. The quantitative estimate of drug-likeness (QED) is 0.590. The predicted molar refractivity (Wildman–Crippen MR) is 103 cm³/mol. The highest BCUT2D eigenvalue weighted by Crippen LogP contribution is 2.19. The molecular formula is C17H19N5OS2. The fourth-order valence-corrected chi connectivity index (χ4v) is 3.90. The largest absolute Gasteiger partial charge is 0.355 e. The summed E-state index contributed by atoms with van der Waals surface area (Å²) in [7, 11) is 0. The lowest BCUT2D eigenvalue weighted by Gasteiger charge is -2.11. The van der Waals surface area contributed by atoms with Crippen molar-refractivity contribution in [2.24, 2.45) is 0 Å². The lowest BCUT2D eigenvalue weighted by molar-refractivity contribution is 0.867. The number of hydrogen-bond acceptors (Lipinski definition) is 7. The second-order valence-electron chi connectivity index (χ2n) is 5.43. The van der Waals surface area contributed by atoms with Crippen molar-refractivity contribution >= 4 is 29.0 Å². The minimum atomic E-state index is -0.121. The molecule has 6 nitrogen and oxygen atoms in total. The summed E-state index contributed by atoms with van der Waals surface area (Å²) >= 11 is 3.46. The zero-order valence-electron chi connectivity index (χ0n) is 13.8. The van der Waals surface area contributed by atoms with Crippen molar-refractivity contribution in [3.8, 4) is 0 Å². The van der Waals surface area contributed by atoms with Gasteiger partial charge < -0.3 is 5.32 Å². The fourth-order valence-electron chi connectivity index (χ4n) is 2.34. The number of H-pyrrole nitrogens is 1. The summed E-state index contributed by atoms with van der Waals surface area (Å²) in [6.45, 7) is 2.71. The first-order valence-corrected chi connectivity index (χ1v) is 9.96. The van der Waals surface area contributed by atoms with E-state index in [1.807, 2.05) is 30.6 Å². The first kappa shape index (κ1) is 17.6. The maximum Gasteiger partial charge on any atom is 0.256 e. The minimum Gasteiger partial charge on any atom is -0.355 e. The maximum atomic E-state index is 12.3. The van der Waals surface area contributed by atoms with E-state index in [1.165, 1.54) is 0 Å². The Bertz CT molecular complexity index is 836. The van der Waals surface area contributed by atoms with Crippen molar-refractivity contribution in [1.82, 2.24) is 19.9 Å². The number of anilines is 1. The molecule has 0 spiro atoms. The van der Waals surface area contributed by atoms with E-state index in [9.17, 15) is 4.79 Å². The number of thiazole rings is 1. The minimum absolute atomic E-state index is 0.0483. The summed E-state index contributed by atoms with van der Waals surface area (Å²) in [5.41, 5.74) is 1.51. The summed E-state index contributed by atoms with van der Waals surface area (Å²) < 4.78 is 0. The molecule has 0 aliphatic rings. The Morgan fingerprint density at radius 2 is 2.24 bits per heavy atom. The fraction of sp³-hybridized carbons (Fsp3) is 0.294. The van der Waals surface area contributed by atoms with E-state index in [-0.39, 0.29) is 11.5 Å². The van der Waals surface area contributed by atoms with Crippen LogP contribution in [0.5, 0.6) is 0 Å². The van der Waals surface area contributed by atoms with Crippen molar-refractivity contribution in [1.29, 1.82) is 0 Å². The summed E-state index contributed by atoms with van der Waals surface area (Å²) in [6, 6.07) is 3.83. The Morgan fingerprint density at radius 1 is 1.32 bits per heavy atom. The third-order valence-electron chi connectivity index (χ3n) is 3.73. The monoisotopic (exact) mass is 373 g/mol. The first-order valence-electron chi connectivity index (χ1n) is 7.93. The molecule has 3 aromatic rings. The van der Waals surface area contributed by atoms with Gasteiger partial charge in [-0.1, -0.05) is 13.0 Å². The molecule has 1 atom stereocenters. The number of aromatic amines is 1. The number of nitrogens with zero attached hydrogens (tertiary/aromatic N) is 3. The van der Waals surface area contributed by atoms with Crippen LogP contribution in [0.15, 0.2) is 47.1 Å². The standard InChI is InChI=1S/C17H19N5OS2/c1-12(13-3-2-4-18-9-13)14-10-21-17(22-16(14)23)20-5-7-24-11-15-19-6-8-25-15/h2-4,6,8-10,12H,5,7,11H2,1H3,(H2,20,21,22,23). The van der Waals surface area contributed by atoms with Crippen molar-refractivity contribution in [3.63, 3.8) is 0 Å². The van der Waals surface area contributed by atoms with E-state index >= 15 is 0 Å². The Labute approximate surface area is 154 Å². The van der Waals surface area contributed by atoms with Crippen LogP contribution in [0.2, 0.25) is 0 Å². The van der Waals surface area contributed by atoms with E-state index in [0.717, 1.165) is 28.6 Å². The van der Waals surface area contributed by atoms with Gasteiger partial charge in [0.15, 0.2) is 0 Å². The molecule has 0 aromatic carbocycles. The molecule has 0 aliphatic carbocycles. The van der Waals surface area contributed by atoms with Gasteiger partial charge in [-0.25, -0.2) is 9.97 Å². The summed E-state index contributed by atoms with van der Waals surface area (Å²) in [5.74, 6) is 2.27. The topological polar surface area (TPSA) is 83.6 Å². The number of aromatic nitrogens is 4. The van der Waals surface area contributed by atoms with Gasteiger partial charge in [0, 0.05) is 59.7 Å². The molecule has 3 rings (SSSR count). The molecular weight excluding hydrogens is 354 g/mol. The molecule has 130 valence electrons. The summed E-state index contributed by atoms with van der Waals surface area (Å²) in [5, 5.41) is 6.27. The van der Waals surface area contributed by atoms with Crippen LogP contribution in [-0.4, -0.2) is 32.2 Å². The maximum absolute atomic E-state index is 12.3. The molecule has 1 unspecified atom stereocenters. The zero-order valence-corrected chi connectivity index (χ0v) is 15.4. The van der Waals surface area contributed by atoms with Crippen molar-refractivity contribution in [2.45, 2.75) is 18.6 Å². The van der Waals surface area contributed by atoms with Gasteiger partial charge in [0.2, 0.25) is 5.95 Å². The van der Waals surface area contributed by atoms with Crippen LogP contribution in [0.25, 0.3) is 0 Å². The van der Waals surface area contributed by atoms with Gasteiger partial charge in [-0.15, -0.1) is 11.3 Å². The molecule has 0 saturated carbocycles. The Hall–Kier alpha value is -2.19. The predicted octanol–water partition coefficient (Wildman–Crippen LogP) is 3.12. The smallest absolute Gasteiger partial charge is 0.256 e. The Kier molecular flexibility index (Phi) is 6.19. The van der Waals surface area contributed by atoms with Gasteiger partial charge in [0.25, 0.3) is 5.56 Å². The van der Waals surface area contributed by atoms with Gasteiger partial charge in [-0.2, -0.15) is 11.8 Å². The average Bonchev–Trinajstić information content (AvgIpc) is 3.15. The molecule has 0 bridgehead atoms. The van der Waals surface area contributed by atoms with Crippen LogP contribution in [0, 0.1) is 0 Å². The van der Waals surface area contributed by atoms with E-state index < -0.39 is 0 Å². The molecule has 0 radical (unpaired) electrons.